The molecule has 0 unspecified atom stereocenters. The highest BCUT2D eigenvalue weighted by molar-refractivity contribution is 5.79. The zero-order valence-electron chi connectivity index (χ0n) is 6.79. The first-order chi connectivity index (χ1) is 6.22. The van der Waals surface area contributed by atoms with Crippen molar-refractivity contribution in [1.82, 2.24) is 15.0 Å². The summed E-state index contributed by atoms with van der Waals surface area (Å²) in [5.74, 6) is 0.0999. The van der Waals surface area contributed by atoms with Crippen LogP contribution >= 0.6 is 0 Å². The Hall–Kier alpha value is -1.82. The highest BCUT2D eigenvalue weighted by atomic mass is 16.2. The number of aromatic amines is 2. The molecule has 0 aromatic carbocycles. The van der Waals surface area contributed by atoms with Gasteiger partial charge in [-0.1, -0.05) is 0 Å². The fourth-order valence-corrected chi connectivity index (χ4v) is 1.28. The van der Waals surface area contributed by atoms with Crippen molar-refractivity contribution >= 4 is 17.0 Å². The fourth-order valence-electron chi connectivity index (χ4n) is 1.28. The molecular formula is C7H9N5O. The number of anilines is 1. The molecule has 2 heterocycles. The second-order valence-corrected chi connectivity index (χ2v) is 2.69. The highest BCUT2D eigenvalue weighted by Gasteiger charge is 2.07. The van der Waals surface area contributed by atoms with E-state index in [0.29, 0.717) is 17.6 Å². The van der Waals surface area contributed by atoms with Crippen molar-refractivity contribution in [2.45, 2.75) is 6.54 Å². The van der Waals surface area contributed by atoms with Crippen LogP contribution in [-0.4, -0.2) is 15.0 Å². The van der Waals surface area contributed by atoms with Gasteiger partial charge in [-0.2, -0.15) is 4.98 Å². The van der Waals surface area contributed by atoms with Gasteiger partial charge in [0.25, 0.3) is 5.56 Å². The average molecular weight is 182 g/mol. The molecule has 6 nitrogen and oxygen atoms in total. The van der Waals surface area contributed by atoms with Crippen LogP contribution in [0.1, 0.15) is 5.56 Å². The Morgan fingerprint density at radius 2 is 2.31 bits per heavy atom. The van der Waals surface area contributed by atoms with Gasteiger partial charge in [0.1, 0.15) is 5.65 Å². The lowest BCUT2D eigenvalue weighted by Gasteiger charge is -1.93. The molecular weight excluding hydrogens is 173 g/mol. The Bertz CT molecular complexity index is 497. The molecule has 6 heteroatoms. The molecule has 0 fully saturated rings. The third-order valence-corrected chi connectivity index (χ3v) is 1.86. The van der Waals surface area contributed by atoms with Gasteiger partial charge in [-0.25, -0.2) is 0 Å². The number of nitrogens with zero attached hydrogens (tertiary/aromatic N) is 1. The zero-order chi connectivity index (χ0) is 9.42. The van der Waals surface area contributed by atoms with E-state index in [1.807, 2.05) is 0 Å². The van der Waals surface area contributed by atoms with Gasteiger partial charge in [0.2, 0.25) is 5.95 Å². The van der Waals surface area contributed by atoms with Crippen molar-refractivity contribution in [3.63, 3.8) is 0 Å². The van der Waals surface area contributed by atoms with E-state index in [1.54, 1.807) is 6.20 Å². The number of nitrogens with two attached hydrogens (primary N) is 2. The van der Waals surface area contributed by atoms with Crippen molar-refractivity contribution in [2.75, 3.05) is 5.73 Å². The van der Waals surface area contributed by atoms with Gasteiger partial charge in [0, 0.05) is 12.7 Å². The van der Waals surface area contributed by atoms with E-state index in [-0.39, 0.29) is 11.5 Å². The Labute approximate surface area is 73.0 Å². The second kappa shape index (κ2) is 2.60. The Kier molecular flexibility index (Phi) is 1.56. The maximum atomic E-state index is 11.4. The van der Waals surface area contributed by atoms with Crippen molar-refractivity contribution < 1.29 is 0 Å². The molecule has 0 aliphatic rings. The molecule has 0 saturated carbocycles. The van der Waals surface area contributed by atoms with Gasteiger partial charge in [0.15, 0.2) is 0 Å². The van der Waals surface area contributed by atoms with Crippen LogP contribution < -0.4 is 17.0 Å². The summed E-state index contributed by atoms with van der Waals surface area (Å²) in [4.78, 5) is 20.5. The number of aromatic nitrogens is 3. The van der Waals surface area contributed by atoms with Gasteiger partial charge < -0.3 is 16.5 Å². The quantitative estimate of drug-likeness (QED) is 0.436. The van der Waals surface area contributed by atoms with Crippen LogP contribution in [0, 0.1) is 0 Å². The standard InChI is InChI=1S/C7H9N5O/c8-1-3-2-10-5-4(3)6(13)12-7(9)11-5/h2H,1,8H2,(H4,9,10,11,12,13)/i9+1,11+1,12+1. The van der Waals surface area contributed by atoms with E-state index in [2.05, 4.69) is 15.0 Å². The maximum Gasteiger partial charge on any atom is 0.262 e. The Morgan fingerprint density at radius 1 is 1.54 bits per heavy atom. The number of fused-ring (bicyclic) bond motifs is 1. The molecule has 6 N–H and O–H groups in total. The Balaban J connectivity index is 2.90. The molecule has 0 atom stereocenters. The second-order valence-electron chi connectivity index (χ2n) is 2.69. The van der Waals surface area contributed by atoms with Crippen LogP contribution in [0.3, 0.4) is 0 Å². The van der Waals surface area contributed by atoms with Gasteiger partial charge in [-0.05, 0) is 5.56 Å². The summed E-state index contributed by atoms with van der Waals surface area (Å²) in [5.41, 5.74) is 11.7. The largest absolute Gasteiger partial charge is 0.369 e. The predicted molar refractivity (Wildman–Crippen MR) is 49.0 cm³/mol. The molecule has 0 bridgehead atoms. The first-order valence-electron chi connectivity index (χ1n) is 3.78. The van der Waals surface area contributed by atoms with E-state index < -0.39 is 0 Å². The van der Waals surface area contributed by atoms with Crippen molar-refractivity contribution in [2.24, 2.45) is 5.73 Å². The smallest absolute Gasteiger partial charge is 0.262 e. The van der Waals surface area contributed by atoms with Crippen LogP contribution in [0.5, 0.6) is 0 Å². The molecule has 0 aliphatic carbocycles. The Morgan fingerprint density at radius 3 is 3.00 bits per heavy atom. The number of hydrogen-bond acceptors (Lipinski definition) is 4. The molecule has 2 aromatic rings. The minimum Gasteiger partial charge on any atom is -0.369 e. The first-order valence-corrected chi connectivity index (χ1v) is 3.78. The summed E-state index contributed by atoms with van der Waals surface area (Å²) in [6.07, 6.45) is 1.66. The lowest BCUT2D eigenvalue weighted by atomic mass is 10.2. The monoisotopic (exact) mass is 182 g/mol. The fraction of sp³-hybridized carbons (Fsp3) is 0.143. The van der Waals surface area contributed by atoms with E-state index >= 15 is 0 Å². The molecule has 13 heavy (non-hydrogen) atoms. The molecule has 0 aliphatic heterocycles. The number of hydrogen-bond donors (Lipinski definition) is 4. The highest BCUT2D eigenvalue weighted by Crippen LogP contribution is 2.10. The van der Waals surface area contributed by atoms with Crippen LogP contribution in [0.15, 0.2) is 11.0 Å². The number of nitrogens with one attached hydrogen (secondary N) is 2. The van der Waals surface area contributed by atoms with Crippen LogP contribution in [0.25, 0.3) is 11.0 Å². The SMILES string of the molecule is NCc1c[nH]c2[15n]c([15NH2])[15nH]c(=O)c12. The molecule has 68 valence electrons. The van der Waals surface area contributed by atoms with Crippen LogP contribution in [-0.2, 0) is 6.54 Å². The first kappa shape index (κ1) is 7.81. The lowest BCUT2D eigenvalue weighted by Crippen LogP contribution is -2.12. The van der Waals surface area contributed by atoms with E-state index in [4.69, 9.17) is 11.5 Å². The summed E-state index contributed by atoms with van der Waals surface area (Å²) in [5, 5.41) is 0.483. The zero-order valence-corrected chi connectivity index (χ0v) is 6.79. The van der Waals surface area contributed by atoms with Crippen LogP contribution in [0.2, 0.25) is 0 Å². The molecule has 0 spiro atoms. The van der Waals surface area contributed by atoms with Gasteiger partial charge in [-0.15, -0.1) is 0 Å². The summed E-state index contributed by atoms with van der Waals surface area (Å²) in [7, 11) is 0. The topological polar surface area (TPSA) is 114 Å². The number of rotatable bonds is 1. The van der Waals surface area contributed by atoms with Gasteiger partial charge in [0.05, 0.1) is 5.39 Å². The van der Waals surface area contributed by atoms with E-state index in [0.717, 1.165) is 5.56 Å². The number of nitrogen functional groups attached to an aromatic ring is 1. The normalized spacial score (nSPS) is 10.8. The summed E-state index contributed by atoms with van der Waals surface area (Å²) in [6.45, 7) is 0.300. The van der Waals surface area contributed by atoms with E-state index in [1.165, 1.54) is 0 Å². The minimum absolute atomic E-state index is 0.0999. The van der Waals surface area contributed by atoms with Crippen molar-refractivity contribution in [3.8, 4) is 0 Å². The summed E-state index contributed by atoms with van der Waals surface area (Å²) < 4.78 is 0. The summed E-state index contributed by atoms with van der Waals surface area (Å²) >= 11 is 0. The van der Waals surface area contributed by atoms with Gasteiger partial charge in [-0.3, -0.25) is 9.78 Å². The van der Waals surface area contributed by atoms with Crippen LogP contribution in [0.4, 0.5) is 5.95 Å². The molecule has 2 aromatic heterocycles. The predicted octanol–water partition coefficient (Wildman–Crippen LogP) is -0.708. The van der Waals surface area contributed by atoms with E-state index in [9.17, 15) is 4.79 Å². The maximum absolute atomic E-state index is 11.4. The third kappa shape index (κ3) is 1.07. The van der Waals surface area contributed by atoms with Crippen molar-refractivity contribution in [3.05, 3.63) is 22.1 Å². The molecule has 2 rings (SSSR count). The molecule has 0 radical (unpaired) electrons. The summed E-state index contributed by atoms with van der Waals surface area (Å²) in [6, 6.07) is 0. The lowest BCUT2D eigenvalue weighted by molar-refractivity contribution is 1.08. The minimum atomic E-state index is -0.260. The molecule has 0 amide bonds. The average Bonchev–Trinajstić information content (AvgIpc) is 2.47. The third-order valence-electron chi connectivity index (χ3n) is 1.86. The van der Waals surface area contributed by atoms with Gasteiger partial charge >= 0.3 is 0 Å². The molecule has 0 saturated heterocycles. The number of H-pyrrole nitrogens is 2. The van der Waals surface area contributed by atoms with Crippen molar-refractivity contribution in [1.29, 1.82) is 0 Å².